The number of anilines is 1. The summed E-state index contributed by atoms with van der Waals surface area (Å²) in [6.45, 7) is 0.0333. The van der Waals surface area contributed by atoms with E-state index in [0.29, 0.717) is 18.2 Å². The molecular weight excluding hydrogens is 244 g/mol. The van der Waals surface area contributed by atoms with Crippen molar-refractivity contribution >= 4 is 17.5 Å². The van der Waals surface area contributed by atoms with Crippen LogP contribution in [0.2, 0.25) is 0 Å². The Morgan fingerprint density at radius 2 is 1.89 bits per heavy atom. The molecule has 1 aromatic rings. The Hall–Kier alpha value is -1.88. The fraction of sp³-hybridized carbons (Fsp3) is 0.429. The molecule has 0 spiro atoms. The van der Waals surface area contributed by atoms with Gasteiger partial charge in [0.2, 0.25) is 11.8 Å². The van der Waals surface area contributed by atoms with Gasteiger partial charge in [-0.3, -0.25) is 9.59 Å². The van der Waals surface area contributed by atoms with Gasteiger partial charge in [-0.15, -0.1) is 0 Å². The standard InChI is InChI=1S/C14H18N2O3/c1-19-9-14(18)16-11-4-2-10(3-5-11)8-13(17)15-12-6-7-12/h2-5,12H,6-9H2,1H3,(H,15,17)(H,16,18). The third kappa shape index (κ3) is 4.71. The molecular formula is C14H18N2O3. The number of hydrogen-bond acceptors (Lipinski definition) is 3. The molecule has 2 N–H and O–H groups in total. The number of hydrogen-bond donors (Lipinski definition) is 2. The third-order valence-electron chi connectivity index (χ3n) is 2.82. The van der Waals surface area contributed by atoms with E-state index in [2.05, 4.69) is 10.6 Å². The van der Waals surface area contributed by atoms with Gasteiger partial charge < -0.3 is 15.4 Å². The number of methoxy groups -OCH3 is 1. The largest absolute Gasteiger partial charge is 0.375 e. The lowest BCUT2D eigenvalue weighted by Crippen LogP contribution is -2.26. The molecule has 2 amide bonds. The van der Waals surface area contributed by atoms with Crippen LogP contribution in [0.4, 0.5) is 5.69 Å². The molecule has 1 fully saturated rings. The summed E-state index contributed by atoms with van der Waals surface area (Å²) < 4.78 is 4.73. The fourth-order valence-electron chi connectivity index (χ4n) is 1.73. The van der Waals surface area contributed by atoms with Crippen LogP contribution < -0.4 is 10.6 Å². The molecule has 1 saturated carbocycles. The zero-order valence-corrected chi connectivity index (χ0v) is 10.9. The van der Waals surface area contributed by atoms with E-state index in [4.69, 9.17) is 4.74 Å². The molecule has 0 bridgehead atoms. The van der Waals surface area contributed by atoms with Gasteiger partial charge in [0.05, 0.1) is 6.42 Å². The molecule has 0 radical (unpaired) electrons. The molecule has 0 heterocycles. The van der Waals surface area contributed by atoms with E-state index in [1.54, 1.807) is 12.1 Å². The summed E-state index contributed by atoms with van der Waals surface area (Å²) in [5, 5.41) is 5.64. The summed E-state index contributed by atoms with van der Waals surface area (Å²) in [7, 11) is 1.47. The van der Waals surface area contributed by atoms with E-state index in [-0.39, 0.29) is 18.4 Å². The summed E-state index contributed by atoms with van der Waals surface area (Å²) in [5.41, 5.74) is 1.64. The first kappa shape index (κ1) is 13.5. The van der Waals surface area contributed by atoms with Gasteiger partial charge in [-0.2, -0.15) is 0 Å². The first-order valence-corrected chi connectivity index (χ1v) is 6.34. The molecule has 102 valence electrons. The quantitative estimate of drug-likeness (QED) is 0.806. The van der Waals surface area contributed by atoms with Crippen molar-refractivity contribution in [3.8, 4) is 0 Å². The number of benzene rings is 1. The van der Waals surface area contributed by atoms with E-state index < -0.39 is 0 Å². The predicted molar refractivity (Wildman–Crippen MR) is 71.8 cm³/mol. The van der Waals surface area contributed by atoms with Crippen molar-refractivity contribution in [2.24, 2.45) is 0 Å². The fourth-order valence-corrected chi connectivity index (χ4v) is 1.73. The van der Waals surface area contributed by atoms with E-state index >= 15 is 0 Å². The van der Waals surface area contributed by atoms with Gasteiger partial charge in [-0.1, -0.05) is 12.1 Å². The summed E-state index contributed by atoms with van der Waals surface area (Å²) in [6.07, 6.45) is 2.56. The molecule has 0 saturated heterocycles. The molecule has 1 aromatic carbocycles. The Morgan fingerprint density at radius 1 is 1.21 bits per heavy atom. The van der Waals surface area contributed by atoms with Gasteiger partial charge in [0, 0.05) is 18.8 Å². The number of carbonyl (C=O) groups is 2. The monoisotopic (exact) mass is 262 g/mol. The minimum Gasteiger partial charge on any atom is -0.375 e. The maximum atomic E-state index is 11.6. The zero-order valence-electron chi connectivity index (χ0n) is 10.9. The van der Waals surface area contributed by atoms with Gasteiger partial charge in [0.25, 0.3) is 0 Å². The topological polar surface area (TPSA) is 67.4 Å². The van der Waals surface area contributed by atoms with Crippen molar-refractivity contribution in [3.63, 3.8) is 0 Å². The minimum atomic E-state index is -0.193. The van der Waals surface area contributed by atoms with Crippen LogP contribution >= 0.6 is 0 Å². The molecule has 2 rings (SSSR count). The van der Waals surface area contributed by atoms with Crippen molar-refractivity contribution in [1.29, 1.82) is 0 Å². The molecule has 5 nitrogen and oxygen atoms in total. The second-order valence-corrected chi connectivity index (χ2v) is 4.70. The van der Waals surface area contributed by atoms with Gasteiger partial charge in [0.1, 0.15) is 6.61 Å². The molecule has 0 atom stereocenters. The van der Waals surface area contributed by atoms with E-state index in [9.17, 15) is 9.59 Å². The molecule has 1 aliphatic carbocycles. The molecule has 5 heteroatoms. The Balaban J connectivity index is 1.83. The second kappa shape index (κ2) is 6.33. The van der Waals surface area contributed by atoms with Crippen LogP contribution in [0, 0.1) is 0 Å². The van der Waals surface area contributed by atoms with Crippen LogP contribution in [-0.2, 0) is 20.7 Å². The van der Waals surface area contributed by atoms with Crippen LogP contribution in [0.5, 0.6) is 0 Å². The Morgan fingerprint density at radius 3 is 2.47 bits per heavy atom. The lowest BCUT2D eigenvalue weighted by atomic mass is 10.1. The highest BCUT2D eigenvalue weighted by Crippen LogP contribution is 2.19. The highest BCUT2D eigenvalue weighted by molar-refractivity contribution is 5.91. The zero-order chi connectivity index (χ0) is 13.7. The summed E-state index contributed by atoms with van der Waals surface area (Å²) >= 11 is 0. The number of carbonyl (C=O) groups excluding carboxylic acids is 2. The number of rotatable bonds is 6. The average molecular weight is 262 g/mol. The van der Waals surface area contributed by atoms with Gasteiger partial charge in [0.15, 0.2) is 0 Å². The molecule has 1 aliphatic rings. The molecule has 0 aromatic heterocycles. The SMILES string of the molecule is COCC(=O)Nc1ccc(CC(=O)NC2CC2)cc1. The first-order chi connectivity index (χ1) is 9.17. The lowest BCUT2D eigenvalue weighted by molar-refractivity contribution is -0.121. The highest BCUT2D eigenvalue weighted by Gasteiger charge is 2.22. The van der Waals surface area contributed by atoms with E-state index in [0.717, 1.165) is 18.4 Å². The van der Waals surface area contributed by atoms with Gasteiger partial charge in [-0.25, -0.2) is 0 Å². The predicted octanol–water partition coefficient (Wildman–Crippen LogP) is 1.09. The Kier molecular flexibility index (Phi) is 4.52. The number of ether oxygens (including phenoxy) is 1. The van der Waals surface area contributed by atoms with E-state index in [1.807, 2.05) is 12.1 Å². The van der Waals surface area contributed by atoms with Crippen molar-refractivity contribution in [2.75, 3.05) is 19.0 Å². The van der Waals surface area contributed by atoms with Crippen LogP contribution in [0.15, 0.2) is 24.3 Å². The van der Waals surface area contributed by atoms with Crippen molar-refractivity contribution in [2.45, 2.75) is 25.3 Å². The van der Waals surface area contributed by atoms with Crippen molar-refractivity contribution in [1.82, 2.24) is 5.32 Å². The average Bonchev–Trinajstić information content (AvgIpc) is 3.16. The van der Waals surface area contributed by atoms with Crippen molar-refractivity contribution < 1.29 is 14.3 Å². The normalized spacial score (nSPS) is 13.9. The van der Waals surface area contributed by atoms with Gasteiger partial charge in [-0.05, 0) is 30.5 Å². The molecule has 0 aliphatic heterocycles. The second-order valence-electron chi connectivity index (χ2n) is 4.70. The van der Waals surface area contributed by atoms with Crippen LogP contribution in [0.1, 0.15) is 18.4 Å². The van der Waals surface area contributed by atoms with Crippen molar-refractivity contribution in [3.05, 3.63) is 29.8 Å². The van der Waals surface area contributed by atoms with Crippen LogP contribution in [-0.4, -0.2) is 31.6 Å². The van der Waals surface area contributed by atoms with Crippen LogP contribution in [0.3, 0.4) is 0 Å². The maximum absolute atomic E-state index is 11.6. The Bertz CT molecular complexity index is 452. The Labute approximate surface area is 112 Å². The maximum Gasteiger partial charge on any atom is 0.250 e. The van der Waals surface area contributed by atoms with Crippen LogP contribution in [0.25, 0.3) is 0 Å². The summed E-state index contributed by atoms with van der Waals surface area (Å²) in [4.78, 5) is 22.9. The number of nitrogens with one attached hydrogen (secondary N) is 2. The molecule has 0 unspecified atom stereocenters. The minimum absolute atomic E-state index is 0.0333. The summed E-state index contributed by atoms with van der Waals surface area (Å²) in [6, 6.07) is 7.64. The van der Waals surface area contributed by atoms with Gasteiger partial charge >= 0.3 is 0 Å². The highest BCUT2D eigenvalue weighted by atomic mass is 16.5. The van der Waals surface area contributed by atoms with E-state index in [1.165, 1.54) is 7.11 Å². The smallest absolute Gasteiger partial charge is 0.250 e. The molecule has 19 heavy (non-hydrogen) atoms. The lowest BCUT2D eigenvalue weighted by Gasteiger charge is -2.06. The first-order valence-electron chi connectivity index (χ1n) is 6.34. The summed E-state index contributed by atoms with van der Waals surface area (Å²) in [5.74, 6) is -0.139. The third-order valence-corrected chi connectivity index (χ3v) is 2.82. The number of amides is 2.